The van der Waals surface area contributed by atoms with Crippen LogP contribution in [0.2, 0.25) is 0 Å². The third-order valence-electron chi connectivity index (χ3n) is 3.75. The van der Waals surface area contributed by atoms with Crippen LogP contribution in [0.3, 0.4) is 0 Å². The van der Waals surface area contributed by atoms with Gasteiger partial charge in [0.05, 0.1) is 6.10 Å². The minimum absolute atomic E-state index is 0.294. The van der Waals surface area contributed by atoms with E-state index in [0.29, 0.717) is 6.42 Å². The molecule has 2 unspecified atom stereocenters. The van der Waals surface area contributed by atoms with E-state index in [2.05, 4.69) is 32.0 Å². The van der Waals surface area contributed by atoms with Crippen LogP contribution >= 0.6 is 0 Å². The van der Waals surface area contributed by atoms with Gasteiger partial charge in [0, 0.05) is 13.5 Å². The second kappa shape index (κ2) is 6.69. The molecule has 0 radical (unpaired) electrons. The van der Waals surface area contributed by atoms with Crippen LogP contribution in [0.4, 0.5) is 0 Å². The zero-order valence-corrected chi connectivity index (χ0v) is 12.3. The maximum absolute atomic E-state index is 10.5. The van der Waals surface area contributed by atoms with E-state index in [4.69, 9.17) is 4.74 Å². The van der Waals surface area contributed by atoms with Crippen LogP contribution in [0.1, 0.15) is 28.4 Å². The Labute approximate surface area is 121 Å². The highest BCUT2D eigenvalue weighted by Gasteiger charge is 2.20. The molecule has 0 spiro atoms. The normalized spacial score (nSPS) is 14.0. The molecule has 2 rings (SSSR count). The molecule has 0 saturated heterocycles. The third-order valence-corrected chi connectivity index (χ3v) is 3.75. The van der Waals surface area contributed by atoms with Crippen molar-refractivity contribution in [1.82, 2.24) is 0 Å². The van der Waals surface area contributed by atoms with Gasteiger partial charge in [-0.15, -0.1) is 0 Å². The highest BCUT2D eigenvalue weighted by molar-refractivity contribution is 5.30. The van der Waals surface area contributed by atoms with Crippen molar-refractivity contribution in [3.8, 4) is 0 Å². The van der Waals surface area contributed by atoms with Crippen molar-refractivity contribution >= 4 is 0 Å². The van der Waals surface area contributed by atoms with Gasteiger partial charge in [0.25, 0.3) is 0 Å². The van der Waals surface area contributed by atoms with E-state index >= 15 is 0 Å². The summed E-state index contributed by atoms with van der Waals surface area (Å²) in [7, 11) is 1.64. The van der Waals surface area contributed by atoms with Crippen molar-refractivity contribution in [2.75, 3.05) is 7.11 Å². The maximum Gasteiger partial charge on any atom is 0.108 e. The number of aryl methyl sites for hydroxylation is 2. The van der Waals surface area contributed by atoms with Crippen LogP contribution in [-0.4, -0.2) is 18.3 Å². The van der Waals surface area contributed by atoms with E-state index in [-0.39, 0.29) is 6.10 Å². The molecule has 1 N–H and O–H groups in total. The number of benzene rings is 2. The summed E-state index contributed by atoms with van der Waals surface area (Å²) in [6.45, 7) is 4.19. The van der Waals surface area contributed by atoms with Crippen molar-refractivity contribution < 1.29 is 9.84 Å². The average Bonchev–Trinajstić information content (AvgIpc) is 2.45. The molecule has 0 aliphatic heterocycles. The van der Waals surface area contributed by atoms with Gasteiger partial charge in [0.1, 0.15) is 6.10 Å². The van der Waals surface area contributed by atoms with Gasteiger partial charge >= 0.3 is 0 Å². The van der Waals surface area contributed by atoms with E-state index in [9.17, 15) is 5.11 Å². The quantitative estimate of drug-likeness (QED) is 0.899. The average molecular weight is 270 g/mol. The first kappa shape index (κ1) is 14.8. The van der Waals surface area contributed by atoms with Gasteiger partial charge in [-0.05, 0) is 36.1 Å². The number of methoxy groups -OCH3 is 1. The number of hydrogen-bond donors (Lipinski definition) is 1. The molecule has 0 aliphatic carbocycles. The third kappa shape index (κ3) is 3.47. The highest BCUT2D eigenvalue weighted by Crippen LogP contribution is 2.23. The molecule has 2 atom stereocenters. The molecule has 2 heteroatoms. The summed E-state index contributed by atoms with van der Waals surface area (Å²) in [6, 6.07) is 16.2. The van der Waals surface area contributed by atoms with Crippen molar-refractivity contribution in [1.29, 1.82) is 0 Å². The second-order valence-electron chi connectivity index (χ2n) is 5.26. The Morgan fingerprint density at radius 1 is 1.00 bits per heavy atom. The minimum atomic E-state index is -0.551. The smallest absolute Gasteiger partial charge is 0.108 e. The number of rotatable bonds is 5. The largest absolute Gasteiger partial charge is 0.390 e. The molecule has 0 saturated carbocycles. The lowest BCUT2D eigenvalue weighted by Gasteiger charge is -2.22. The van der Waals surface area contributed by atoms with Gasteiger partial charge in [-0.2, -0.15) is 0 Å². The molecular formula is C18H22O2. The molecule has 0 aliphatic rings. The number of ether oxygens (including phenoxy) is 1. The molecule has 2 aromatic carbocycles. The summed E-state index contributed by atoms with van der Waals surface area (Å²) in [5.74, 6) is 0. The fourth-order valence-electron chi connectivity index (χ4n) is 2.44. The molecule has 20 heavy (non-hydrogen) atoms. The molecule has 0 bridgehead atoms. The summed E-state index contributed by atoms with van der Waals surface area (Å²) in [6.07, 6.45) is -0.253. The summed E-state index contributed by atoms with van der Waals surface area (Å²) in [5.41, 5.74) is 4.67. The van der Waals surface area contributed by atoms with Gasteiger partial charge in [-0.3, -0.25) is 0 Å². The standard InChI is InChI=1S/C18H22O2/c1-13-9-10-15(11-14(13)2)12-17(19)18(20-3)16-7-5-4-6-8-16/h4-11,17-19H,12H2,1-3H3. The summed E-state index contributed by atoms with van der Waals surface area (Å²) in [5, 5.41) is 10.5. The first-order chi connectivity index (χ1) is 9.61. The molecular weight excluding hydrogens is 248 g/mol. The van der Waals surface area contributed by atoms with Crippen LogP contribution in [0, 0.1) is 13.8 Å². The first-order valence-corrected chi connectivity index (χ1v) is 6.93. The Bertz CT molecular complexity index is 549. The molecule has 0 fully saturated rings. The van der Waals surface area contributed by atoms with E-state index < -0.39 is 6.10 Å². The first-order valence-electron chi connectivity index (χ1n) is 6.93. The minimum Gasteiger partial charge on any atom is -0.390 e. The Morgan fingerprint density at radius 3 is 2.30 bits per heavy atom. The van der Waals surface area contributed by atoms with Crippen LogP contribution in [0.5, 0.6) is 0 Å². The monoisotopic (exact) mass is 270 g/mol. The van der Waals surface area contributed by atoms with Crippen LogP contribution in [-0.2, 0) is 11.2 Å². The topological polar surface area (TPSA) is 29.5 Å². The zero-order chi connectivity index (χ0) is 14.5. The van der Waals surface area contributed by atoms with Gasteiger partial charge < -0.3 is 9.84 Å². The summed E-state index contributed by atoms with van der Waals surface area (Å²) < 4.78 is 5.47. The van der Waals surface area contributed by atoms with E-state index in [0.717, 1.165) is 11.1 Å². The van der Waals surface area contributed by atoms with Crippen molar-refractivity contribution in [3.63, 3.8) is 0 Å². The molecule has 0 aromatic heterocycles. The number of hydrogen-bond acceptors (Lipinski definition) is 2. The number of aliphatic hydroxyl groups excluding tert-OH is 1. The molecule has 106 valence electrons. The molecule has 2 aromatic rings. The van der Waals surface area contributed by atoms with E-state index in [1.54, 1.807) is 7.11 Å². The predicted molar refractivity (Wildman–Crippen MR) is 81.8 cm³/mol. The van der Waals surface area contributed by atoms with Crippen molar-refractivity contribution in [2.45, 2.75) is 32.5 Å². The van der Waals surface area contributed by atoms with Gasteiger partial charge in [-0.25, -0.2) is 0 Å². The van der Waals surface area contributed by atoms with Crippen molar-refractivity contribution in [2.24, 2.45) is 0 Å². The summed E-state index contributed by atoms with van der Waals surface area (Å²) in [4.78, 5) is 0. The Balaban J connectivity index is 2.13. The van der Waals surface area contributed by atoms with Crippen molar-refractivity contribution in [3.05, 3.63) is 70.8 Å². The van der Waals surface area contributed by atoms with Gasteiger partial charge in [0.15, 0.2) is 0 Å². The lowest BCUT2D eigenvalue weighted by molar-refractivity contribution is -0.0128. The molecule has 2 nitrogen and oxygen atoms in total. The fraction of sp³-hybridized carbons (Fsp3) is 0.333. The van der Waals surface area contributed by atoms with Crippen LogP contribution < -0.4 is 0 Å². The predicted octanol–water partition coefficient (Wildman–Crippen LogP) is 3.59. The maximum atomic E-state index is 10.5. The van der Waals surface area contributed by atoms with Gasteiger partial charge in [0.2, 0.25) is 0 Å². The second-order valence-corrected chi connectivity index (χ2v) is 5.26. The molecule has 0 amide bonds. The Hall–Kier alpha value is -1.64. The van der Waals surface area contributed by atoms with Gasteiger partial charge in [-0.1, -0.05) is 48.5 Å². The number of aliphatic hydroxyl groups is 1. The highest BCUT2D eigenvalue weighted by atomic mass is 16.5. The van der Waals surface area contributed by atoms with E-state index in [1.165, 1.54) is 11.1 Å². The zero-order valence-electron chi connectivity index (χ0n) is 12.3. The lowest BCUT2D eigenvalue weighted by Crippen LogP contribution is -2.22. The van der Waals surface area contributed by atoms with Crippen LogP contribution in [0.25, 0.3) is 0 Å². The Kier molecular flexibility index (Phi) is 4.94. The Morgan fingerprint density at radius 2 is 1.70 bits per heavy atom. The van der Waals surface area contributed by atoms with Crippen LogP contribution in [0.15, 0.2) is 48.5 Å². The summed E-state index contributed by atoms with van der Waals surface area (Å²) >= 11 is 0. The fourth-order valence-corrected chi connectivity index (χ4v) is 2.44. The molecule has 0 heterocycles. The SMILES string of the molecule is COC(c1ccccc1)C(O)Cc1ccc(C)c(C)c1. The lowest BCUT2D eigenvalue weighted by atomic mass is 9.96. The van der Waals surface area contributed by atoms with E-state index in [1.807, 2.05) is 30.3 Å².